The molecule has 1 saturated heterocycles. The van der Waals surface area contributed by atoms with Crippen LogP contribution in [0.25, 0.3) is 6.08 Å². The fourth-order valence-corrected chi connectivity index (χ4v) is 3.01. The van der Waals surface area contributed by atoms with E-state index in [9.17, 15) is 9.59 Å². The van der Waals surface area contributed by atoms with E-state index in [0.717, 1.165) is 10.5 Å². The van der Waals surface area contributed by atoms with Crippen LogP contribution in [0.2, 0.25) is 5.02 Å². The number of nitrogens with one attached hydrogen (secondary N) is 1. The van der Waals surface area contributed by atoms with Crippen molar-refractivity contribution >= 4 is 29.6 Å². The van der Waals surface area contributed by atoms with Gasteiger partial charge >= 0.3 is 6.03 Å². The van der Waals surface area contributed by atoms with Crippen LogP contribution >= 0.6 is 11.6 Å². The minimum atomic E-state index is -0.478. The number of urea groups is 1. The molecule has 2 aliphatic heterocycles. The van der Waals surface area contributed by atoms with E-state index < -0.39 is 11.9 Å². The summed E-state index contributed by atoms with van der Waals surface area (Å²) in [4.78, 5) is 26.0. The highest BCUT2D eigenvalue weighted by atomic mass is 35.5. The molecule has 2 aromatic carbocycles. The van der Waals surface area contributed by atoms with Crippen LogP contribution < -0.4 is 19.5 Å². The highest BCUT2D eigenvalue weighted by Crippen LogP contribution is 2.42. The van der Waals surface area contributed by atoms with Crippen LogP contribution in [0.1, 0.15) is 11.1 Å². The molecular weight excluding hydrogens is 372 g/mol. The van der Waals surface area contributed by atoms with Gasteiger partial charge in [0.2, 0.25) is 12.5 Å². The largest absolute Gasteiger partial charge is 0.493 e. The molecule has 7 nitrogen and oxygen atoms in total. The highest BCUT2D eigenvalue weighted by Gasteiger charge is 2.33. The Morgan fingerprint density at radius 3 is 2.74 bits per heavy atom. The van der Waals surface area contributed by atoms with Crippen molar-refractivity contribution in [1.29, 1.82) is 0 Å². The molecule has 0 radical (unpaired) electrons. The van der Waals surface area contributed by atoms with Crippen LogP contribution in [-0.2, 0) is 11.3 Å². The molecule has 1 fully saturated rings. The van der Waals surface area contributed by atoms with Crippen LogP contribution in [-0.4, -0.2) is 30.7 Å². The lowest BCUT2D eigenvalue weighted by molar-refractivity contribution is -0.123. The van der Waals surface area contributed by atoms with Crippen molar-refractivity contribution < 1.29 is 23.8 Å². The van der Waals surface area contributed by atoms with Gasteiger partial charge in [0, 0.05) is 5.02 Å². The molecule has 0 unspecified atom stereocenters. The normalized spacial score (nSPS) is 16.8. The second-order valence-corrected chi connectivity index (χ2v) is 6.40. The summed E-state index contributed by atoms with van der Waals surface area (Å²) in [7, 11) is 1.52. The predicted octanol–water partition coefficient (Wildman–Crippen LogP) is 3.17. The fourth-order valence-electron chi connectivity index (χ4n) is 2.89. The molecule has 27 heavy (non-hydrogen) atoms. The zero-order chi connectivity index (χ0) is 19.0. The number of hydrogen-bond donors (Lipinski definition) is 1. The molecule has 0 bridgehead atoms. The Hall–Kier alpha value is -3.19. The summed E-state index contributed by atoms with van der Waals surface area (Å²) in [6.07, 6.45) is 1.58. The van der Waals surface area contributed by atoms with Crippen LogP contribution in [0, 0.1) is 0 Å². The maximum absolute atomic E-state index is 12.6. The Kier molecular flexibility index (Phi) is 4.37. The SMILES string of the molecule is COc1cc(/C=C2/NC(=O)N(Cc3ccc(Cl)cc3)C2=O)cc2c1OCO2. The Bertz CT molecular complexity index is 955. The second-order valence-electron chi connectivity index (χ2n) is 5.96. The minimum Gasteiger partial charge on any atom is -0.493 e. The summed E-state index contributed by atoms with van der Waals surface area (Å²) in [5.41, 5.74) is 1.62. The maximum Gasteiger partial charge on any atom is 0.329 e. The number of halogens is 1. The smallest absolute Gasteiger partial charge is 0.329 e. The number of rotatable bonds is 4. The summed E-state index contributed by atoms with van der Waals surface area (Å²) in [6.45, 7) is 0.264. The van der Waals surface area contributed by atoms with E-state index in [-0.39, 0.29) is 19.0 Å². The van der Waals surface area contributed by atoms with Crippen molar-refractivity contribution in [3.05, 3.63) is 58.2 Å². The van der Waals surface area contributed by atoms with E-state index >= 15 is 0 Å². The topological polar surface area (TPSA) is 77.1 Å². The van der Waals surface area contributed by atoms with Gasteiger partial charge in [0.15, 0.2) is 11.5 Å². The molecule has 0 spiro atoms. The molecule has 3 amide bonds. The van der Waals surface area contributed by atoms with Crippen molar-refractivity contribution in [2.75, 3.05) is 13.9 Å². The first-order valence-electron chi connectivity index (χ1n) is 8.12. The Morgan fingerprint density at radius 2 is 2.00 bits per heavy atom. The standard InChI is InChI=1S/C19H15ClN2O5/c1-25-15-7-12(8-16-17(15)27-10-26-16)6-14-18(23)22(19(24)21-14)9-11-2-4-13(20)5-3-11/h2-8H,9-10H2,1H3,(H,21,24)/b14-6+. The monoisotopic (exact) mass is 386 g/mol. The van der Waals surface area contributed by atoms with Gasteiger partial charge < -0.3 is 19.5 Å². The average Bonchev–Trinajstić information content (AvgIpc) is 3.23. The summed E-state index contributed by atoms with van der Waals surface area (Å²) in [6, 6.07) is 9.92. The first-order chi connectivity index (χ1) is 13.0. The average molecular weight is 387 g/mol. The Labute approximate surface area is 160 Å². The van der Waals surface area contributed by atoms with E-state index in [1.54, 1.807) is 42.5 Å². The lowest BCUT2D eigenvalue weighted by atomic mass is 10.1. The zero-order valence-corrected chi connectivity index (χ0v) is 15.1. The van der Waals surface area contributed by atoms with Crippen LogP contribution in [0.3, 0.4) is 0 Å². The van der Waals surface area contributed by atoms with Crippen molar-refractivity contribution in [1.82, 2.24) is 10.2 Å². The number of carbonyl (C=O) groups excluding carboxylic acids is 2. The molecule has 1 N–H and O–H groups in total. The van der Waals surface area contributed by atoms with Gasteiger partial charge in [-0.1, -0.05) is 23.7 Å². The maximum atomic E-state index is 12.6. The van der Waals surface area contributed by atoms with Gasteiger partial charge in [-0.05, 0) is 41.5 Å². The van der Waals surface area contributed by atoms with Gasteiger partial charge in [-0.25, -0.2) is 4.79 Å². The van der Waals surface area contributed by atoms with Gasteiger partial charge in [0.05, 0.1) is 13.7 Å². The molecule has 2 aliphatic rings. The molecule has 0 aliphatic carbocycles. The van der Waals surface area contributed by atoms with Crippen LogP contribution in [0.5, 0.6) is 17.2 Å². The highest BCUT2D eigenvalue weighted by molar-refractivity contribution is 6.30. The molecule has 0 aromatic heterocycles. The molecule has 4 rings (SSSR count). The number of hydrogen-bond acceptors (Lipinski definition) is 5. The first kappa shape index (κ1) is 17.2. The molecule has 138 valence electrons. The van der Waals surface area contributed by atoms with E-state index in [1.807, 2.05) is 0 Å². The quantitative estimate of drug-likeness (QED) is 0.645. The van der Waals surface area contributed by atoms with Crippen molar-refractivity contribution in [2.24, 2.45) is 0 Å². The van der Waals surface area contributed by atoms with Crippen molar-refractivity contribution in [3.8, 4) is 17.2 Å². The molecule has 8 heteroatoms. The summed E-state index contributed by atoms with van der Waals surface area (Å²) >= 11 is 5.87. The molecule has 2 aromatic rings. The number of carbonyl (C=O) groups is 2. The summed E-state index contributed by atoms with van der Waals surface area (Å²) in [5, 5.41) is 3.19. The lowest BCUT2D eigenvalue weighted by Crippen LogP contribution is -2.30. The van der Waals surface area contributed by atoms with Gasteiger partial charge in [0.25, 0.3) is 5.91 Å². The first-order valence-corrected chi connectivity index (χ1v) is 8.49. The fraction of sp³-hybridized carbons (Fsp3) is 0.158. The number of ether oxygens (including phenoxy) is 3. The van der Waals surface area contributed by atoms with Crippen LogP contribution in [0.4, 0.5) is 4.79 Å². The number of nitrogens with zero attached hydrogens (tertiary/aromatic N) is 1. The Balaban J connectivity index is 1.59. The van der Waals surface area contributed by atoms with Gasteiger partial charge in [-0.2, -0.15) is 0 Å². The molecule has 2 heterocycles. The van der Waals surface area contributed by atoms with Crippen molar-refractivity contribution in [3.63, 3.8) is 0 Å². The molecular formula is C19H15ClN2O5. The van der Waals surface area contributed by atoms with Gasteiger partial charge in [-0.15, -0.1) is 0 Å². The second kappa shape index (κ2) is 6.85. The van der Waals surface area contributed by atoms with E-state index in [1.165, 1.54) is 7.11 Å². The minimum absolute atomic E-state index is 0.107. The number of methoxy groups -OCH3 is 1. The molecule has 0 atom stereocenters. The third-order valence-corrected chi connectivity index (χ3v) is 4.46. The van der Waals surface area contributed by atoms with Gasteiger partial charge in [0.1, 0.15) is 5.70 Å². The summed E-state index contributed by atoms with van der Waals surface area (Å²) < 4.78 is 16.0. The zero-order valence-electron chi connectivity index (χ0n) is 14.3. The van der Waals surface area contributed by atoms with Gasteiger partial charge in [-0.3, -0.25) is 9.69 Å². The summed E-state index contributed by atoms with van der Waals surface area (Å²) in [5.74, 6) is 1.13. The number of imide groups is 1. The van der Waals surface area contributed by atoms with Crippen LogP contribution in [0.15, 0.2) is 42.1 Å². The lowest BCUT2D eigenvalue weighted by Gasteiger charge is -2.11. The third kappa shape index (κ3) is 3.29. The van der Waals surface area contributed by atoms with Crippen molar-refractivity contribution in [2.45, 2.75) is 6.54 Å². The Morgan fingerprint density at radius 1 is 1.22 bits per heavy atom. The third-order valence-electron chi connectivity index (χ3n) is 4.21. The predicted molar refractivity (Wildman–Crippen MR) is 97.6 cm³/mol. The van der Waals surface area contributed by atoms with E-state index in [4.69, 9.17) is 25.8 Å². The molecule has 0 saturated carbocycles. The van der Waals surface area contributed by atoms with E-state index in [2.05, 4.69) is 5.32 Å². The number of fused-ring (bicyclic) bond motifs is 1. The van der Waals surface area contributed by atoms with E-state index in [0.29, 0.717) is 27.8 Å². The number of amides is 3. The number of benzene rings is 2.